The predicted molar refractivity (Wildman–Crippen MR) is 77.2 cm³/mol. The molecule has 1 N–H and O–H groups in total. The van der Waals surface area contributed by atoms with E-state index in [0.29, 0.717) is 5.92 Å². The Bertz CT molecular complexity index is 450. The van der Waals surface area contributed by atoms with E-state index in [4.69, 9.17) is 4.74 Å². The van der Waals surface area contributed by atoms with Crippen LogP contribution in [0, 0.1) is 0 Å². The van der Waals surface area contributed by atoms with Crippen molar-refractivity contribution in [3.63, 3.8) is 0 Å². The minimum atomic E-state index is 0.138. The first-order chi connectivity index (χ1) is 9.45. The van der Waals surface area contributed by atoms with Gasteiger partial charge in [0.25, 0.3) is 0 Å². The van der Waals surface area contributed by atoms with Crippen LogP contribution < -0.4 is 5.32 Å². The molecular weight excluding hydrogens is 234 g/mol. The van der Waals surface area contributed by atoms with Crippen molar-refractivity contribution in [1.82, 2.24) is 5.32 Å². The summed E-state index contributed by atoms with van der Waals surface area (Å²) in [6.07, 6.45) is 0.138. The second-order valence-corrected chi connectivity index (χ2v) is 4.92. The zero-order valence-electron chi connectivity index (χ0n) is 11.0. The van der Waals surface area contributed by atoms with E-state index in [9.17, 15) is 0 Å². The third-order valence-electron chi connectivity index (χ3n) is 3.66. The molecule has 2 heteroatoms. The van der Waals surface area contributed by atoms with Crippen LogP contribution in [-0.2, 0) is 4.74 Å². The van der Waals surface area contributed by atoms with Gasteiger partial charge in [0.2, 0.25) is 0 Å². The molecule has 1 heterocycles. The first-order valence-electron chi connectivity index (χ1n) is 6.87. The molecular formula is C17H19NO. The molecule has 0 radical (unpaired) electrons. The van der Waals surface area contributed by atoms with Crippen LogP contribution in [0.3, 0.4) is 0 Å². The quantitative estimate of drug-likeness (QED) is 0.888. The fourth-order valence-corrected chi connectivity index (χ4v) is 2.70. The summed E-state index contributed by atoms with van der Waals surface area (Å²) in [4.78, 5) is 0. The highest BCUT2D eigenvalue weighted by Crippen LogP contribution is 2.34. The molecule has 2 nitrogen and oxygen atoms in total. The van der Waals surface area contributed by atoms with Crippen LogP contribution in [0.1, 0.15) is 23.1 Å². The Balaban J connectivity index is 1.94. The van der Waals surface area contributed by atoms with Gasteiger partial charge in [0.15, 0.2) is 0 Å². The van der Waals surface area contributed by atoms with Crippen LogP contribution in [-0.4, -0.2) is 19.7 Å². The monoisotopic (exact) mass is 253 g/mol. The summed E-state index contributed by atoms with van der Waals surface area (Å²) in [5, 5.41) is 3.47. The standard InChI is InChI=1S/C17H19NO/c1-3-7-14(8-4-1)16-13-18-11-12-19-17(16)15-9-5-2-6-10-15/h1-10,16-18H,11-13H2. The molecule has 3 rings (SSSR count). The van der Waals surface area contributed by atoms with Crippen molar-refractivity contribution in [3.05, 3.63) is 71.8 Å². The average molecular weight is 253 g/mol. The zero-order valence-corrected chi connectivity index (χ0v) is 11.0. The Morgan fingerprint density at radius 2 is 1.47 bits per heavy atom. The van der Waals surface area contributed by atoms with E-state index in [2.05, 4.69) is 66.0 Å². The summed E-state index contributed by atoms with van der Waals surface area (Å²) >= 11 is 0. The number of nitrogens with one attached hydrogen (secondary N) is 1. The molecule has 1 aliphatic heterocycles. The number of hydrogen-bond donors (Lipinski definition) is 1. The van der Waals surface area contributed by atoms with Gasteiger partial charge in [-0.25, -0.2) is 0 Å². The molecule has 1 saturated heterocycles. The van der Waals surface area contributed by atoms with Crippen molar-refractivity contribution < 1.29 is 4.74 Å². The van der Waals surface area contributed by atoms with Crippen LogP contribution in [0.2, 0.25) is 0 Å². The summed E-state index contributed by atoms with van der Waals surface area (Å²) in [7, 11) is 0. The first-order valence-corrected chi connectivity index (χ1v) is 6.87. The van der Waals surface area contributed by atoms with Gasteiger partial charge in [0, 0.05) is 19.0 Å². The Morgan fingerprint density at radius 1 is 0.842 bits per heavy atom. The second-order valence-electron chi connectivity index (χ2n) is 4.92. The topological polar surface area (TPSA) is 21.3 Å². The fraction of sp³-hybridized carbons (Fsp3) is 0.294. The molecule has 1 aliphatic rings. The van der Waals surface area contributed by atoms with Crippen LogP contribution in [0.5, 0.6) is 0 Å². The highest BCUT2D eigenvalue weighted by atomic mass is 16.5. The molecule has 0 spiro atoms. The summed E-state index contributed by atoms with van der Waals surface area (Å²) in [6.45, 7) is 2.65. The molecule has 0 amide bonds. The van der Waals surface area contributed by atoms with Gasteiger partial charge in [-0.3, -0.25) is 0 Å². The Hall–Kier alpha value is -1.64. The maximum absolute atomic E-state index is 6.09. The first kappa shape index (κ1) is 12.4. The number of benzene rings is 2. The van der Waals surface area contributed by atoms with E-state index in [1.165, 1.54) is 11.1 Å². The number of rotatable bonds is 2. The number of ether oxygens (including phenoxy) is 1. The van der Waals surface area contributed by atoms with Gasteiger partial charge in [0.1, 0.15) is 0 Å². The molecule has 2 aromatic carbocycles. The summed E-state index contributed by atoms with van der Waals surface area (Å²) < 4.78 is 6.09. The highest BCUT2D eigenvalue weighted by Gasteiger charge is 2.27. The van der Waals surface area contributed by atoms with E-state index in [1.54, 1.807) is 0 Å². The van der Waals surface area contributed by atoms with Crippen molar-refractivity contribution in [2.45, 2.75) is 12.0 Å². The predicted octanol–water partition coefficient (Wildman–Crippen LogP) is 3.13. The van der Waals surface area contributed by atoms with Crippen molar-refractivity contribution in [1.29, 1.82) is 0 Å². The molecule has 0 aliphatic carbocycles. The summed E-state index contributed by atoms with van der Waals surface area (Å²) in [5.41, 5.74) is 2.60. The van der Waals surface area contributed by atoms with E-state index < -0.39 is 0 Å². The Morgan fingerprint density at radius 3 is 2.16 bits per heavy atom. The normalized spacial score (nSPS) is 23.8. The van der Waals surface area contributed by atoms with Crippen molar-refractivity contribution in [2.24, 2.45) is 0 Å². The smallest absolute Gasteiger partial charge is 0.0906 e. The molecule has 2 aromatic rings. The van der Waals surface area contributed by atoms with Crippen LogP contribution in [0.4, 0.5) is 0 Å². The molecule has 98 valence electrons. The second kappa shape index (κ2) is 6.00. The molecule has 19 heavy (non-hydrogen) atoms. The van der Waals surface area contributed by atoms with Crippen molar-refractivity contribution in [3.8, 4) is 0 Å². The van der Waals surface area contributed by atoms with Gasteiger partial charge >= 0.3 is 0 Å². The third kappa shape index (κ3) is 2.86. The lowest BCUT2D eigenvalue weighted by atomic mass is 9.89. The molecule has 0 bridgehead atoms. The highest BCUT2D eigenvalue weighted by molar-refractivity contribution is 5.27. The maximum Gasteiger partial charge on any atom is 0.0906 e. The summed E-state index contributed by atoms with van der Waals surface area (Å²) in [5.74, 6) is 0.367. The van der Waals surface area contributed by atoms with E-state index in [-0.39, 0.29) is 6.10 Å². The Labute approximate surface area is 114 Å². The maximum atomic E-state index is 6.09. The van der Waals surface area contributed by atoms with Crippen LogP contribution in [0.25, 0.3) is 0 Å². The SMILES string of the molecule is c1ccc(C2CNCCOC2c2ccccc2)cc1. The third-order valence-corrected chi connectivity index (χ3v) is 3.66. The lowest BCUT2D eigenvalue weighted by Crippen LogP contribution is -2.22. The molecule has 2 atom stereocenters. The van der Waals surface area contributed by atoms with Gasteiger partial charge in [-0.1, -0.05) is 60.7 Å². The van der Waals surface area contributed by atoms with Crippen molar-refractivity contribution >= 4 is 0 Å². The number of hydrogen-bond acceptors (Lipinski definition) is 2. The lowest BCUT2D eigenvalue weighted by molar-refractivity contribution is 0.0515. The minimum Gasteiger partial charge on any atom is -0.372 e. The van der Waals surface area contributed by atoms with Crippen molar-refractivity contribution in [2.75, 3.05) is 19.7 Å². The minimum absolute atomic E-state index is 0.138. The van der Waals surface area contributed by atoms with Gasteiger partial charge in [-0.2, -0.15) is 0 Å². The fourth-order valence-electron chi connectivity index (χ4n) is 2.70. The van der Waals surface area contributed by atoms with Gasteiger partial charge in [-0.15, -0.1) is 0 Å². The van der Waals surface area contributed by atoms with E-state index in [0.717, 1.165) is 19.7 Å². The van der Waals surface area contributed by atoms with E-state index >= 15 is 0 Å². The Kier molecular flexibility index (Phi) is 3.92. The largest absolute Gasteiger partial charge is 0.372 e. The zero-order chi connectivity index (χ0) is 12.9. The molecule has 0 aromatic heterocycles. The van der Waals surface area contributed by atoms with Crippen LogP contribution >= 0.6 is 0 Å². The molecule has 1 fully saturated rings. The van der Waals surface area contributed by atoms with Gasteiger partial charge in [-0.05, 0) is 11.1 Å². The van der Waals surface area contributed by atoms with E-state index in [1.807, 2.05) is 0 Å². The van der Waals surface area contributed by atoms with Gasteiger partial charge in [0.05, 0.1) is 12.7 Å². The molecule has 2 unspecified atom stereocenters. The molecule has 0 saturated carbocycles. The summed E-state index contributed by atoms with van der Waals surface area (Å²) in [6, 6.07) is 21.2. The lowest BCUT2D eigenvalue weighted by Gasteiger charge is -2.25. The average Bonchev–Trinajstić information content (AvgIpc) is 2.75. The van der Waals surface area contributed by atoms with Gasteiger partial charge < -0.3 is 10.1 Å². The van der Waals surface area contributed by atoms with Crippen LogP contribution in [0.15, 0.2) is 60.7 Å².